The second kappa shape index (κ2) is 9.90. The van der Waals surface area contributed by atoms with E-state index in [0.29, 0.717) is 11.4 Å². The summed E-state index contributed by atoms with van der Waals surface area (Å²) in [6.07, 6.45) is 0. The van der Waals surface area contributed by atoms with Gasteiger partial charge in [-0.15, -0.1) is 0 Å². The number of nitrogens with zero attached hydrogens (tertiary/aromatic N) is 3. The van der Waals surface area contributed by atoms with Gasteiger partial charge in [0.2, 0.25) is 0 Å². The lowest BCUT2D eigenvalue weighted by molar-refractivity contribution is 0.418. The average molecular weight is 566 g/mol. The molecule has 0 atom stereocenters. The molecule has 0 saturated heterocycles. The molecule has 0 amide bonds. The molecule has 4 nitrogen and oxygen atoms in total. The van der Waals surface area contributed by atoms with E-state index < -0.39 is 0 Å². The summed E-state index contributed by atoms with van der Waals surface area (Å²) in [5.74, 6) is 2.25. The highest BCUT2D eigenvalue weighted by atomic mass is 16.5. The van der Waals surface area contributed by atoms with Crippen LogP contribution in [0, 0.1) is 11.3 Å². The molecule has 7 aromatic rings. The molecule has 0 aliphatic carbocycles. The normalized spacial score (nSPS) is 13.1. The average Bonchev–Trinajstić information content (AvgIpc) is 3.07. The van der Waals surface area contributed by atoms with Crippen LogP contribution in [0.4, 0.5) is 0 Å². The maximum atomic E-state index is 9.51. The standard InChI is InChI=1S/C40H27N3O/c1-40(2)33-21-25(24-41)11-19-36(33)44-37-20-18-31(23-34(37)40)39-42-35-10-6-5-9-32(35)38(43-39)28-15-12-27(13-16-28)30-17-14-26-7-3-4-8-29(26)22-30/h3-23H,1-2H3. The third-order valence-corrected chi connectivity index (χ3v) is 8.76. The molecule has 1 aromatic heterocycles. The van der Waals surface area contributed by atoms with Gasteiger partial charge in [0.1, 0.15) is 11.5 Å². The molecule has 208 valence electrons. The lowest BCUT2D eigenvalue weighted by Gasteiger charge is -2.34. The molecule has 2 heterocycles. The van der Waals surface area contributed by atoms with Crippen molar-refractivity contribution in [2.24, 2.45) is 0 Å². The zero-order valence-electron chi connectivity index (χ0n) is 24.4. The summed E-state index contributed by atoms with van der Waals surface area (Å²) in [4.78, 5) is 10.2. The number of benzene rings is 6. The van der Waals surface area contributed by atoms with Crippen molar-refractivity contribution >= 4 is 21.7 Å². The molecule has 0 spiro atoms. The molecule has 4 heteroatoms. The fraction of sp³-hybridized carbons (Fsp3) is 0.0750. The number of ether oxygens (including phenoxy) is 1. The Morgan fingerprint density at radius 1 is 0.591 bits per heavy atom. The van der Waals surface area contributed by atoms with Gasteiger partial charge in [0.05, 0.1) is 22.8 Å². The zero-order chi connectivity index (χ0) is 29.8. The molecule has 6 aromatic carbocycles. The van der Waals surface area contributed by atoms with Crippen molar-refractivity contribution in [1.82, 2.24) is 9.97 Å². The van der Waals surface area contributed by atoms with E-state index in [-0.39, 0.29) is 5.41 Å². The first kappa shape index (κ1) is 25.9. The molecule has 0 unspecified atom stereocenters. The first-order valence-electron chi connectivity index (χ1n) is 14.7. The summed E-state index contributed by atoms with van der Waals surface area (Å²) in [5.41, 5.74) is 8.37. The Morgan fingerprint density at radius 3 is 2.07 bits per heavy atom. The minimum Gasteiger partial charge on any atom is -0.457 e. The Morgan fingerprint density at radius 2 is 1.25 bits per heavy atom. The number of rotatable bonds is 3. The van der Waals surface area contributed by atoms with Crippen LogP contribution in [0.25, 0.3) is 55.4 Å². The van der Waals surface area contributed by atoms with E-state index in [2.05, 4.69) is 98.8 Å². The summed E-state index contributed by atoms with van der Waals surface area (Å²) >= 11 is 0. The molecule has 0 radical (unpaired) electrons. The Balaban J connectivity index is 1.21. The van der Waals surface area contributed by atoms with Gasteiger partial charge in [-0.1, -0.05) is 92.7 Å². The predicted molar refractivity (Wildman–Crippen MR) is 177 cm³/mol. The van der Waals surface area contributed by atoms with Crippen LogP contribution in [0.1, 0.15) is 30.5 Å². The largest absolute Gasteiger partial charge is 0.457 e. The molecule has 0 bridgehead atoms. The number of hydrogen-bond acceptors (Lipinski definition) is 4. The Hall–Kier alpha value is -5.79. The first-order valence-corrected chi connectivity index (χ1v) is 14.7. The zero-order valence-corrected chi connectivity index (χ0v) is 24.4. The Labute approximate surface area is 255 Å². The quantitative estimate of drug-likeness (QED) is 0.214. The van der Waals surface area contributed by atoms with Gasteiger partial charge >= 0.3 is 0 Å². The van der Waals surface area contributed by atoms with Gasteiger partial charge in [0, 0.05) is 33.1 Å². The van der Waals surface area contributed by atoms with E-state index in [4.69, 9.17) is 14.7 Å². The summed E-state index contributed by atoms with van der Waals surface area (Å²) in [6, 6.07) is 45.9. The van der Waals surface area contributed by atoms with E-state index in [1.165, 1.54) is 16.3 Å². The van der Waals surface area contributed by atoms with Crippen molar-refractivity contribution in [1.29, 1.82) is 5.26 Å². The Kier molecular flexibility index (Phi) is 5.82. The third kappa shape index (κ3) is 4.21. The van der Waals surface area contributed by atoms with Gasteiger partial charge in [-0.2, -0.15) is 5.26 Å². The highest BCUT2D eigenvalue weighted by Crippen LogP contribution is 2.49. The van der Waals surface area contributed by atoms with E-state index in [1.807, 2.05) is 42.5 Å². The van der Waals surface area contributed by atoms with Crippen molar-refractivity contribution in [3.8, 4) is 51.3 Å². The summed E-state index contributed by atoms with van der Waals surface area (Å²) < 4.78 is 6.29. The van der Waals surface area contributed by atoms with Crippen LogP contribution >= 0.6 is 0 Å². The van der Waals surface area contributed by atoms with Crippen LogP contribution in [0.2, 0.25) is 0 Å². The molecule has 1 aliphatic rings. The predicted octanol–water partition coefficient (Wildman–Crippen LogP) is 10.1. The van der Waals surface area contributed by atoms with Gasteiger partial charge in [0.25, 0.3) is 0 Å². The maximum absolute atomic E-state index is 9.51. The van der Waals surface area contributed by atoms with Gasteiger partial charge in [0.15, 0.2) is 5.82 Å². The minimum atomic E-state index is -0.371. The molecule has 0 fully saturated rings. The van der Waals surface area contributed by atoms with Gasteiger partial charge in [-0.3, -0.25) is 0 Å². The van der Waals surface area contributed by atoms with Crippen LogP contribution in [-0.4, -0.2) is 9.97 Å². The molecule has 1 aliphatic heterocycles. The molecular formula is C40H27N3O. The topological polar surface area (TPSA) is 58.8 Å². The van der Waals surface area contributed by atoms with Crippen molar-refractivity contribution in [3.05, 3.63) is 144 Å². The van der Waals surface area contributed by atoms with Crippen LogP contribution in [0.5, 0.6) is 11.5 Å². The van der Waals surface area contributed by atoms with Gasteiger partial charge in [-0.05, 0) is 70.4 Å². The molecule has 0 N–H and O–H groups in total. The highest BCUT2D eigenvalue weighted by molar-refractivity contribution is 5.94. The lowest BCUT2D eigenvalue weighted by Crippen LogP contribution is -2.24. The lowest BCUT2D eigenvalue weighted by atomic mass is 9.75. The summed E-state index contributed by atoms with van der Waals surface area (Å²) in [7, 11) is 0. The molecule has 8 rings (SSSR count). The van der Waals surface area contributed by atoms with Crippen LogP contribution < -0.4 is 4.74 Å². The minimum absolute atomic E-state index is 0.371. The van der Waals surface area contributed by atoms with E-state index in [9.17, 15) is 5.26 Å². The summed E-state index contributed by atoms with van der Waals surface area (Å²) in [6.45, 7) is 4.34. The number of para-hydroxylation sites is 1. The fourth-order valence-corrected chi connectivity index (χ4v) is 6.30. The van der Waals surface area contributed by atoms with Crippen LogP contribution in [0.3, 0.4) is 0 Å². The van der Waals surface area contributed by atoms with Crippen molar-refractivity contribution < 1.29 is 4.74 Å². The summed E-state index contributed by atoms with van der Waals surface area (Å²) in [5, 5.41) is 13.0. The molecule has 0 saturated carbocycles. The van der Waals surface area contributed by atoms with Crippen molar-refractivity contribution in [2.75, 3.05) is 0 Å². The number of fused-ring (bicyclic) bond motifs is 4. The SMILES string of the molecule is CC1(C)c2cc(C#N)ccc2Oc2ccc(-c3nc(-c4ccc(-c5ccc6ccccc6c5)cc4)c4ccccc4n3)cc21. The van der Waals surface area contributed by atoms with Gasteiger partial charge < -0.3 is 4.74 Å². The second-order valence-electron chi connectivity index (χ2n) is 11.8. The number of aromatic nitrogens is 2. The second-order valence-corrected chi connectivity index (χ2v) is 11.8. The number of hydrogen-bond donors (Lipinski definition) is 0. The smallest absolute Gasteiger partial charge is 0.160 e. The van der Waals surface area contributed by atoms with Crippen molar-refractivity contribution in [2.45, 2.75) is 19.3 Å². The monoisotopic (exact) mass is 565 g/mol. The number of nitriles is 1. The van der Waals surface area contributed by atoms with E-state index in [0.717, 1.165) is 55.9 Å². The van der Waals surface area contributed by atoms with E-state index >= 15 is 0 Å². The Bertz CT molecular complexity index is 2290. The van der Waals surface area contributed by atoms with Gasteiger partial charge in [-0.25, -0.2) is 9.97 Å². The molecular weight excluding hydrogens is 538 g/mol. The van der Waals surface area contributed by atoms with Crippen molar-refractivity contribution in [3.63, 3.8) is 0 Å². The van der Waals surface area contributed by atoms with Crippen LogP contribution in [-0.2, 0) is 5.41 Å². The third-order valence-electron chi connectivity index (χ3n) is 8.76. The first-order chi connectivity index (χ1) is 21.5. The fourth-order valence-electron chi connectivity index (χ4n) is 6.30. The van der Waals surface area contributed by atoms with E-state index in [1.54, 1.807) is 6.07 Å². The maximum Gasteiger partial charge on any atom is 0.160 e. The van der Waals surface area contributed by atoms with Crippen LogP contribution in [0.15, 0.2) is 127 Å². The molecule has 44 heavy (non-hydrogen) atoms. The highest BCUT2D eigenvalue weighted by Gasteiger charge is 2.35.